The van der Waals surface area contributed by atoms with Gasteiger partial charge in [0.05, 0.1) is 18.8 Å². The third kappa shape index (κ3) is 2.44. The van der Waals surface area contributed by atoms with Gasteiger partial charge < -0.3 is 10.1 Å². The number of piperidine rings is 1. The van der Waals surface area contributed by atoms with Crippen molar-refractivity contribution in [1.82, 2.24) is 10.2 Å². The molecular weight excluding hydrogens is 224 g/mol. The maximum absolute atomic E-state index is 5.75. The molecule has 3 heteroatoms. The smallest absolute Gasteiger partial charge is 0.0663 e. The van der Waals surface area contributed by atoms with Crippen molar-refractivity contribution >= 4 is 0 Å². The first-order valence-corrected chi connectivity index (χ1v) is 6.97. The highest BCUT2D eigenvalue weighted by Gasteiger charge is 2.40. The second-order valence-corrected chi connectivity index (χ2v) is 5.46. The molecule has 0 saturated carbocycles. The molecule has 2 fully saturated rings. The molecule has 3 nitrogen and oxygen atoms in total. The normalized spacial score (nSPS) is 29.6. The molecule has 2 aliphatic heterocycles. The molecule has 2 saturated heterocycles. The maximum atomic E-state index is 5.75. The monoisotopic (exact) mass is 246 g/mol. The number of morpholine rings is 1. The molecule has 1 atom stereocenters. The van der Waals surface area contributed by atoms with E-state index in [0.29, 0.717) is 0 Å². The Labute approximate surface area is 109 Å². The molecule has 0 aromatic heterocycles. The lowest BCUT2D eigenvalue weighted by atomic mass is 9.87. The molecule has 2 heterocycles. The Morgan fingerprint density at radius 1 is 1.28 bits per heavy atom. The summed E-state index contributed by atoms with van der Waals surface area (Å²) >= 11 is 0. The van der Waals surface area contributed by atoms with Crippen molar-refractivity contribution in [3.8, 4) is 0 Å². The highest BCUT2D eigenvalue weighted by atomic mass is 16.5. The summed E-state index contributed by atoms with van der Waals surface area (Å²) in [6.45, 7) is 6.07. The number of ether oxygens (including phenoxy) is 1. The van der Waals surface area contributed by atoms with E-state index in [9.17, 15) is 0 Å². The Morgan fingerprint density at radius 3 is 2.94 bits per heavy atom. The number of hydrogen-bond donors (Lipinski definition) is 1. The van der Waals surface area contributed by atoms with Gasteiger partial charge in [-0.1, -0.05) is 30.3 Å². The highest BCUT2D eigenvalue weighted by molar-refractivity contribution is 5.15. The Kier molecular flexibility index (Phi) is 3.64. The van der Waals surface area contributed by atoms with Gasteiger partial charge in [0.2, 0.25) is 0 Å². The van der Waals surface area contributed by atoms with Crippen LogP contribution in [0.1, 0.15) is 18.4 Å². The first-order valence-electron chi connectivity index (χ1n) is 6.97. The Balaban J connectivity index is 1.75. The van der Waals surface area contributed by atoms with E-state index in [1.54, 1.807) is 0 Å². The van der Waals surface area contributed by atoms with E-state index in [0.717, 1.165) is 39.4 Å². The molecule has 98 valence electrons. The zero-order chi connectivity index (χ0) is 12.3. The largest absolute Gasteiger partial charge is 0.378 e. The first kappa shape index (κ1) is 12.2. The molecule has 1 aromatic rings. The van der Waals surface area contributed by atoms with E-state index in [1.807, 2.05) is 0 Å². The summed E-state index contributed by atoms with van der Waals surface area (Å²) < 4.78 is 5.75. The van der Waals surface area contributed by atoms with Gasteiger partial charge in [0.1, 0.15) is 0 Å². The van der Waals surface area contributed by atoms with E-state index in [4.69, 9.17) is 4.74 Å². The van der Waals surface area contributed by atoms with E-state index >= 15 is 0 Å². The average molecular weight is 246 g/mol. The van der Waals surface area contributed by atoms with Crippen molar-refractivity contribution in [1.29, 1.82) is 0 Å². The molecule has 3 rings (SSSR count). The minimum atomic E-state index is 0.229. The average Bonchev–Trinajstić information content (AvgIpc) is 2.44. The quantitative estimate of drug-likeness (QED) is 0.858. The Hall–Kier alpha value is -0.900. The third-order valence-electron chi connectivity index (χ3n) is 4.21. The van der Waals surface area contributed by atoms with Crippen LogP contribution in [-0.4, -0.2) is 43.3 Å². The fraction of sp³-hybridized carbons (Fsp3) is 0.600. The van der Waals surface area contributed by atoms with E-state index in [1.165, 1.54) is 18.4 Å². The summed E-state index contributed by atoms with van der Waals surface area (Å²) in [6.07, 6.45) is 2.52. The second kappa shape index (κ2) is 5.39. The van der Waals surface area contributed by atoms with Gasteiger partial charge in [0.25, 0.3) is 0 Å². The number of rotatable bonds is 2. The molecule has 2 aliphatic rings. The van der Waals surface area contributed by atoms with Gasteiger partial charge in [-0.05, 0) is 24.9 Å². The molecule has 0 bridgehead atoms. The molecular formula is C15H22N2O. The van der Waals surface area contributed by atoms with Crippen LogP contribution in [0, 0.1) is 0 Å². The fourth-order valence-corrected chi connectivity index (χ4v) is 3.16. The molecule has 18 heavy (non-hydrogen) atoms. The zero-order valence-electron chi connectivity index (χ0n) is 10.9. The van der Waals surface area contributed by atoms with E-state index < -0.39 is 0 Å². The number of nitrogens with one attached hydrogen (secondary N) is 1. The van der Waals surface area contributed by atoms with Crippen LogP contribution in [0.4, 0.5) is 0 Å². The first-order chi connectivity index (χ1) is 8.89. The highest BCUT2D eigenvalue weighted by Crippen LogP contribution is 2.28. The SMILES string of the molecule is c1ccc(CN2CCOCC23CCCNC3)cc1. The van der Waals surface area contributed by atoms with Gasteiger partial charge in [0, 0.05) is 19.6 Å². The molecule has 1 aromatic carbocycles. The number of benzene rings is 1. The third-order valence-corrected chi connectivity index (χ3v) is 4.21. The minimum absolute atomic E-state index is 0.229. The summed E-state index contributed by atoms with van der Waals surface area (Å²) in [6, 6.07) is 10.8. The van der Waals surface area contributed by atoms with Crippen LogP contribution in [0.25, 0.3) is 0 Å². The lowest BCUT2D eigenvalue weighted by Gasteiger charge is -2.49. The fourth-order valence-electron chi connectivity index (χ4n) is 3.16. The molecule has 1 spiro atoms. The lowest BCUT2D eigenvalue weighted by molar-refractivity contribution is -0.0829. The van der Waals surface area contributed by atoms with E-state index in [-0.39, 0.29) is 5.54 Å². The topological polar surface area (TPSA) is 24.5 Å². The summed E-state index contributed by atoms with van der Waals surface area (Å²) in [5, 5.41) is 3.54. The Morgan fingerprint density at radius 2 is 2.17 bits per heavy atom. The van der Waals surface area contributed by atoms with Gasteiger partial charge in [0.15, 0.2) is 0 Å². The van der Waals surface area contributed by atoms with Crippen molar-refractivity contribution < 1.29 is 4.74 Å². The second-order valence-electron chi connectivity index (χ2n) is 5.46. The van der Waals surface area contributed by atoms with Crippen LogP contribution in [0.15, 0.2) is 30.3 Å². The summed E-state index contributed by atoms with van der Waals surface area (Å²) in [7, 11) is 0. The summed E-state index contributed by atoms with van der Waals surface area (Å²) in [5.41, 5.74) is 1.64. The van der Waals surface area contributed by atoms with Gasteiger partial charge in [-0.3, -0.25) is 4.90 Å². The molecule has 1 unspecified atom stereocenters. The number of nitrogens with zero attached hydrogens (tertiary/aromatic N) is 1. The van der Waals surface area contributed by atoms with Crippen LogP contribution in [-0.2, 0) is 11.3 Å². The molecule has 0 amide bonds. The predicted molar refractivity (Wildman–Crippen MR) is 72.5 cm³/mol. The van der Waals surface area contributed by atoms with Crippen molar-refractivity contribution in [3.63, 3.8) is 0 Å². The van der Waals surface area contributed by atoms with Crippen LogP contribution >= 0.6 is 0 Å². The predicted octanol–water partition coefficient (Wildman–Crippen LogP) is 1.64. The van der Waals surface area contributed by atoms with Gasteiger partial charge in [-0.2, -0.15) is 0 Å². The van der Waals surface area contributed by atoms with Crippen LogP contribution in [0.3, 0.4) is 0 Å². The molecule has 0 radical (unpaired) electrons. The van der Waals surface area contributed by atoms with Gasteiger partial charge in [-0.25, -0.2) is 0 Å². The summed E-state index contributed by atoms with van der Waals surface area (Å²) in [4.78, 5) is 2.62. The maximum Gasteiger partial charge on any atom is 0.0663 e. The van der Waals surface area contributed by atoms with E-state index in [2.05, 4.69) is 40.5 Å². The van der Waals surface area contributed by atoms with Gasteiger partial charge >= 0.3 is 0 Å². The van der Waals surface area contributed by atoms with Crippen molar-refractivity contribution in [3.05, 3.63) is 35.9 Å². The van der Waals surface area contributed by atoms with Crippen molar-refractivity contribution in [2.45, 2.75) is 24.9 Å². The van der Waals surface area contributed by atoms with Gasteiger partial charge in [-0.15, -0.1) is 0 Å². The van der Waals surface area contributed by atoms with Crippen molar-refractivity contribution in [2.24, 2.45) is 0 Å². The molecule has 1 N–H and O–H groups in total. The minimum Gasteiger partial charge on any atom is -0.378 e. The lowest BCUT2D eigenvalue weighted by Crippen LogP contribution is -2.63. The molecule has 0 aliphatic carbocycles. The van der Waals surface area contributed by atoms with Crippen LogP contribution in [0.5, 0.6) is 0 Å². The summed E-state index contributed by atoms with van der Waals surface area (Å²) in [5.74, 6) is 0. The standard InChI is InChI=1S/C15H22N2O/c1-2-5-14(6-3-1)11-17-9-10-18-13-15(17)7-4-8-16-12-15/h1-3,5-6,16H,4,7-13H2. The van der Waals surface area contributed by atoms with Crippen molar-refractivity contribution in [2.75, 3.05) is 32.8 Å². The van der Waals surface area contributed by atoms with Crippen LogP contribution < -0.4 is 5.32 Å². The zero-order valence-corrected chi connectivity index (χ0v) is 10.9. The van der Waals surface area contributed by atoms with Crippen LogP contribution in [0.2, 0.25) is 0 Å². The number of hydrogen-bond acceptors (Lipinski definition) is 3. The Bertz CT molecular complexity index is 365.